The number of thiazole rings is 1. The zero-order valence-corrected chi connectivity index (χ0v) is 12.7. The van der Waals surface area contributed by atoms with Crippen LogP contribution in [-0.4, -0.2) is 53.8 Å². The number of hydrogen-bond acceptors (Lipinski definition) is 5. The van der Waals surface area contributed by atoms with Crippen LogP contribution in [-0.2, 0) is 28.8 Å². The highest BCUT2D eigenvalue weighted by Gasteiger charge is 2.15. The van der Waals surface area contributed by atoms with E-state index in [0.717, 1.165) is 67.7 Å². The quantitative estimate of drug-likeness (QED) is 0.828. The molecule has 0 aliphatic carbocycles. The van der Waals surface area contributed by atoms with Gasteiger partial charge >= 0.3 is 5.97 Å². The van der Waals surface area contributed by atoms with Crippen molar-refractivity contribution in [1.82, 2.24) is 9.88 Å². The molecule has 1 fully saturated rings. The molecule has 0 amide bonds. The number of morpholine rings is 1. The summed E-state index contributed by atoms with van der Waals surface area (Å²) < 4.78 is 5.33. The maximum atomic E-state index is 10.9. The molecule has 6 heteroatoms. The monoisotopic (exact) mass is 298 g/mol. The van der Waals surface area contributed by atoms with Crippen LogP contribution in [0.4, 0.5) is 0 Å². The van der Waals surface area contributed by atoms with Crippen molar-refractivity contribution in [2.24, 2.45) is 0 Å². The third-order valence-electron chi connectivity index (χ3n) is 3.37. The molecule has 0 aromatic carbocycles. The lowest BCUT2D eigenvalue weighted by molar-refractivity contribution is -0.136. The van der Waals surface area contributed by atoms with Crippen molar-refractivity contribution in [3.8, 4) is 0 Å². The fourth-order valence-corrected chi connectivity index (χ4v) is 3.42. The molecule has 0 radical (unpaired) electrons. The number of hydrogen-bond donors (Lipinski definition) is 1. The number of carboxylic acids is 1. The van der Waals surface area contributed by atoms with E-state index in [1.807, 2.05) is 0 Å². The van der Waals surface area contributed by atoms with Gasteiger partial charge in [-0.05, 0) is 6.42 Å². The number of ether oxygens (including phenoxy) is 1. The van der Waals surface area contributed by atoms with E-state index in [9.17, 15) is 4.79 Å². The van der Waals surface area contributed by atoms with Gasteiger partial charge in [0.2, 0.25) is 0 Å². The Hall–Kier alpha value is -0.980. The lowest BCUT2D eigenvalue weighted by atomic mass is 10.2. The Morgan fingerprint density at radius 3 is 2.80 bits per heavy atom. The third-order valence-corrected chi connectivity index (χ3v) is 4.52. The summed E-state index contributed by atoms with van der Waals surface area (Å²) in [6.45, 7) is 6.66. The molecule has 20 heavy (non-hydrogen) atoms. The summed E-state index contributed by atoms with van der Waals surface area (Å²) >= 11 is 1.57. The van der Waals surface area contributed by atoms with Gasteiger partial charge in [0.25, 0.3) is 0 Å². The molecule has 2 rings (SSSR count). The predicted molar refractivity (Wildman–Crippen MR) is 78.4 cm³/mol. The fraction of sp³-hybridized carbons (Fsp3) is 0.714. The Morgan fingerprint density at radius 1 is 1.40 bits per heavy atom. The molecule has 1 aliphatic rings. The van der Waals surface area contributed by atoms with E-state index in [-0.39, 0.29) is 6.42 Å². The van der Waals surface area contributed by atoms with Gasteiger partial charge in [0.1, 0.15) is 0 Å². The SMILES string of the molecule is CCCc1nc(CCN2CCOCC2)sc1CC(=O)O. The van der Waals surface area contributed by atoms with Crippen LogP contribution in [0.3, 0.4) is 0 Å². The second-order valence-corrected chi connectivity index (χ2v) is 6.17. The summed E-state index contributed by atoms with van der Waals surface area (Å²) in [6.07, 6.45) is 2.88. The van der Waals surface area contributed by atoms with Crippen LogP contribution >= 0.6 is 11.3 Å². The van der Waals surface area contributed by atoms with Crippen molar-refractivity contribution in [3.05, 3.63) is 15.6 Å². The summed E-state index contributed by atoms with van der Waals surface area (Å²) in [5.74, 6) is -0.772. The number of carboxylic acid groups (broad SMARTS) is 1. The summed E-state index contributed by atoms with van der Waals surface area (Å²) in [7, 11) is 0. The third kappa shape index (κ3) is 4.54. The normalized spacial score (nSPS) is 16.4. The highest BCUT2D eigenvalue weighted by Crippen LogP contribution is 2.21. The van der Waals surface area contributed by atoms with E-state index in [0.29, 0.717) is 0 Å². The van der Waals surface area contributed by atoms with Gasteiger partial charge in [-0.15, -0.1) is 11.3 Å². The van der Waals surface area contributed by atoms with Crippen LogP contribution in [0.1, 0.15) is 28.9 Å². The molecular weight excluding hydrogens is 276 g/mol. The van der Waals surface area contributed by atoms with Crippen LogP contribution < -0.4 is 0 Å². The first kappa shape index (κ1) is 15.4. The number of nitrogens with zero attached hydrogens (tertiary/aromatic N) is 2. The van der Waals surface area contributed by atoms with Crippen LogP contribution in [0.5, 0.6) is 0 Å². The Bertz CT molecular complexity index is 442. The van der Waals surface area contributed by atoms with Crippen LogP contribution in [0.15, 0.2) is 0 Å². The van der Waals surface area contributed by atoms with Crippen molar-refractivity contribution in [2.45, 2.75) is 32.6 Å². The van der Waals surface area contributed by atoms with Gasteiger partial charge in [-0.25, -0.2) is 4.98 Å². The molecule has 0 spiro atoms. The first-order chi connectivity index (χ1) is 9.69. The molecular formula is C14H22N2O3S. The lowest BCUT2D eigenvalue weighted by Crippen LogP contribution is -2.37. The first-order valence-electron chi connectivity index (χ1n) is 7.18. The fourth-order valence-electron chi connectivity index (χ4n) is 2.33. The zero-order chi connectivity index (χ0) is 14.4. The minimum Gasteiger partial charge on any atom is -0.481 e. The molecule has 1 aliphatic heterocycles. The number of aryl methyl sites for hydroxylation is 1. The van der Waals surface area contributed by atoms with Crippen molar-refractivity contribution < 1.29 is 14.6 Å². The Kier molecular flexibility index (Phi) is 5.94. The summed E-state index contributed by atoms with van der Waals surface area (Å²) in [5, 5.41) is 10.0. The van der Waals surface area contributed by atoms with Crippen molar-refractivity contribution in [3.63, 3.8) is 0 Å². The van der Waals surface area contributed by atoms with Crippen molar-refractivity contribution >= 4 is 17.3 Å². The average Bonchev–Trinajstić information content (AvgIpc) is 2.80. The molecule has 0 bridgehead atoms. The van der Waals surface area contributed by atoms with E-state index in [4.69, 9.17) is 9.84 Å². The highest BCUT2D eigenvalue weighted by atomic mass is 32.1. The first-order valence-corrected chi connectivity index (χ1v) is 8.00. The maximum Gasteiger partial charge on any atom is 0.308 e. The lowest BCUT2D eigenvalue weighted by Gasteiger charge is -2.25. The summed E-state index contributed by atoms with van der Waals surface area (Å²) in [4.78, 5) is 18.8. The average molecular weight is 298 g/mol. The van der Waals surface area contributed by atoms with Crippen molar-refractivity contribution in [1.29, 1.82) is 0 Å². The standard InChI is InChI=1S/C14H22N2O3S/c1-2-3-11-12(10-14(17)18)20-13(15-11)4-5-16-6-8-19-9-7-16/h2-10H2,1H3,(H,17,18). The molecule has 0 atom stereocenters. The van der Waals surface area contributed by atoms with Gasteiger partial charge in [0.15, 0.2) is 0 Å². The number of carbonyl (C=O) groups is 1. The molecule has 112 valence electrons. The maximum absolute atomic E-state index is 10.9. The molecule has 1 aromatic heterocycles. The van der Waals surface area contributed by atoms with E-state index in [1.165, 1.54) is 0 Å². The van der Waals surface area contributed by atoms with E-state index >= 15 is 0 Å². The zero-order valence-electron chi connectivity index (χ0n) is 11.9. The summed E-state index contributed by atoms with van der Waals surface area (Å²) in [5.41, 5.74) is 0.983. The topological polar surface area (TPSA) is 62.7 Å². The smallest absolute Gasteiger partial charge is 0.308 e. The molecule has 1 saturated heterocycles. The van der Waals surface area contributed by atoms with Gasteiger partial charge < -0.3 is 9.84 Å². The number of aliphatic carboxylic acids is 1. The van der Waals surface area contributed by atoms with Gasteiger partial charge in [-0.1, -0.05) is 13.3 Å². The van der Waals surface area contributed by atoms with Gasteiger partial charge in [0, 0.05) is 30.9 Å². The van der Waals surface area contributed by atoms with Crippen molar-refractivity contribution in [2.75, 3.05) is 32.8 Å². The Morgan fingerprint density at radius 2 is 2.15 bits per heavy atom. The molecule has 0 unspecified atom stereocenters. The largest absolute Gasteiger partial charge is 0.481 e. The van der Waals surface area contributed by atoms with Crippen LogP contribution in [0, 0.1) is 0 Å². The van der Waals surface area contributed by atoms with Crippen LogP contribution in [0.2, 0.25) is 0 Å². The summed E-state index contributed by atoms with van der Waals surface area (Å²) in [6, 6.07) is 0. The predicted octanol–water partition coefficient (Wildman–Crippen LogP) is 1.60. The van der Waals surface area contributed by atoms with E-state index < -0.39 is 5.97 Å². The Balaban J connectivity index is 1.94. The minimum atomic E-state index is -0.772. The van der Waals surface area contributed by atoms with E-state index in [1.54, 1.807) is 11.3 Å². The van der Waals surface area contributed by atoms with Gasteiger partial charge in [-0.3, -0.25) is 9.69 Å². The molecule has 1 aromatic rings. The second kappa shape index (κ2) is 7.71. The molecule has 2 heterocycles. The number of aromatic nitrogens is 1. The number of rotatable bonds is 7. The van der Waals surface area contributed by atoms with Crippen LogP contribution in [0.25, 0.3) is 0 Å². The Labute approximate surface area is 123 Å². The van der Waals surface area contributed by atoms with Gasteiger partial charge in [0.05, 0.1) is 30.3 Å². The highest BCUT2D eigenvalue weighted by molar-refractivity contribution is 7.11. The van der Waals surface area contributed by atoms with Gasteiger partial charge in [-0.2, -0.15) is 0 Å². The minimum absolute atomic E-state index is 0.102. The molecule has 1 N–H and O–H groups in total. The second-order valence-electron chi connectivity index (χ2n) is 5.00. The molecule has 0 saturated carbocycles. The molecule has 5 nitrogen and oxygen atoms in total. The van der Waals surface area contributed by atoms with E-state index in [2.05, 4.69) is 16.8 Å².